The lowest BCUT2D eigenvalue weighted by Gasteiger charge is -2.23. The summed E-state index contributed by atoms with van der Waals surface area (Å²) in [4.78, 5) is 25.8. The Bertz CT molecular complexity index is 316. The molecule has 1 saturated heterocycles. The lowest BCUT2D eigenvalue weighted by Crippen LogP contribution is -2.37. The van der Waals surface area contributed by atoms with E-state index in [1.54, 1.807) is 0 Å². The number of alkyl halides is 1. The largest absolute Gasteiger partial charge is 0.356 e. The zero-order chi connectivity index (χ0) is 13.0. The van der Waals surface area contributed by atoms with Crippen molar-refractivity contribution in [3.05, 3.63) is 0 Å². The molecule has 1 atom stereocenters. The number of carbonyl (C=O) groups is 2. The van der Waals surface area contributed by atoms with Gasteiger partial charge in [0.05, 0.1) is 5.92 Å². The number of halogens is 1. The van der Waals surface area contributed by atoms with Gasteiger partial charge in [0, 0.05) is 31.4 Å². The van der Waals surface area contributed by atoms with E-state index in [1.807, 2.05) is 4.90 Å². The van der Waals surface area contributed by atoms with E-state index < -0.39 is 0 Å². The highest BCUT2D eigenvalue weighted by Crippen LogP contribution is 2.29. The summed E-state index contributed by atoms with van der Waals surface area (Å²) in [7, 11) is 0. The maximum atomic E-state index is 11.9. The van der Waals surface area contributed by atoms with Gasteiger partial charge in [0.25, 0.3) is 0 Å². The summed E-state index contributed by atoms with van der Waals surface area (Å²) in [5.74, 6) is 0.555. The Labute approximate surface area is 113 Å². The van der Waals surface area contributed by atoms with Crippen LogP contribution in [0, 0.1) is 5.92 Å². The van der Waals surface area contributed by atoms with E-state index >= 15 is 0 Å². The van der Waals surface area contributed by atoms with Crippen molar-refractivity contribution < 1.29 is 9.59 Å². The highest BCUT2D eigenvalue weighted by Gasteiger charge is 2.38. The van der Waals surface area contributed by atoms with Crippen LogP contribution < -0.4 is 5.32 Å². The number of hydrogen-bond donors (Lipinski definition) is 1. The van der Waals surface area contributed by atoms with Gasteiger partial charge in [-0.05, 0) is 19.3 Å². The first-order valence-electron chi connectivity index (χ1n) is 6.85. The summed E-state index contributed by atoms with van der Waals surface area (Å²) < 4.78 is 0. The van der Waals surface area contributed by atoms with Crippen molar-refractivity contribution in [3.63, 3.8) is 0 Å². The Morgan fingerprint density at radius 2 is 2.11 bits per heavy atom. The number of likely N-dealkylation sites (tertiary alicyclic amines) is 1. The van der Waals surface area contributed by atoms with Gasteiger partial charge >= 0.3 is 0 Å². The van der Waals surface area contributed by atoms with Gasteiger partial charge in [-0.2, -0.15) is 0 Å². The van der Waals surface area contributed by atoms with Crippen LogP contribution in [-0.2, 0) is 9.59 Å². The Kier molecular flexibility index (Phi) is 4.87. The van der Waals surface area contributed by atoms with E-state index in [0.717, 1.165) is 19.3 Å². The highest BCUT2D eigenvalue weighted by molar-refractivity contribution is 6.17. The second-order valence-electron chi connectivity index (χ2n) is 5.22. The zero-order valence-electron chi connectivity index (χ0n) is 10.7. The molecule has 0 spiro atoms. The van der Waals surface area contributed by atoms with Gasteiger partial charge < -0.3 is 10.2 Å². The SMILES string of the molecule is O=C(NCCCCl)[C@@H]1CC(=O)N(C2CCCC2)C1. The van der Waals surface area contributed by atoms with Crippen molar-refractivity contribution >= 4 is 23.4 Å². The molecule has 4 nitrogen and oxygen atoms in total. The van der Waals surface area contributed by atoms with E-state index in [9.17, 15) is 9.59 Å². The number of hydrogen-bond acceptors (Lipinski definition) is 2. The zero-order valence-corrected chi connectivity index (χ0v) is 11.4. The van der Waals surface area contributed by atoms with Crippen LogP contribution >= 0.6 is 11.6 Å². The molecule has 2 rings (SSSR count). The van der Waals surface area contributed by atoms with E-state index in [0.29, 0.717) is 31.4 Å². The van der Waals surface area contributed by atoms with Gasteiger partial charge in [0.2, 0.25) is 11.8 Å². The van der Waals surface area contributed by atoms with Crippen molar-refractivity contribution in [2.45, 2.75) is 44.6 Å². The summed E-state index contributed by atoms with van der Waals surface area (Å²) in [6.07, 6.45) is 5.78. The van der Waals surface area contributed by atoms with Crippen LogP contribution in [0.15, 0.2) is 0 Å². The van der Waals surface area contributed by atoms with Crippen molar-refractivity contribution in [3.8, 4) is 0 Å². The molecule has 2 fully saturated rings. The first-order valence-corrected chi connectivity index (χ1v) is 7.39. The Morgan fingerprint density at radius 1 is 1.39 bits per heavy atom. The van der Waals surface area contributed by atoms with Gasteiger partial charge in [-0.1, -0.05) is 12.8 Å². The lowest BCUT2D eigenvalue weighted by molar-refractivity contribution is -0.130. The summed E-state index contributed by atoms with van der Waals surface area (Å²) in [6, 6.07) is 0.387. The van der Waals surface area contributed by atoms with Gasteiger partial charge in [-0.25, -0.2) is 0 Å². The molecule has 18 heavy (non-hydrogen) atoms. The molecule has 0 radical (unpaired) electrons. The normalized spacial score (nSPS) is 24.8. The molecule has 102 valence electrons. The number of nitrogens with one attached hydrogen (secondary N) is 1. The van der Waals surface area contributed by atoms with E-state index in [-0.39, 0.29) is 17.7 Å². The fraction of sp³-hybridized carbons (Fsp3) is 0.846. The first-order chi connectivity index (χ1) is 8.72. The molecule has 1 saturated carbocycles. The molecule has 2 aliphatic rings. The molecular weight excluding hydrogens is 252 g/mol. The van der Waals surface area contributed by atoms with Gasteiger partial charge in [-0.3, -0.25) is 9.59 Å². The molecule has 1 aliphatic carbocycles. The monoisotopic (exact) mass is 272 g/mol. The standard InChI is InChI=1S/C13H21ClN2O2/c14-6-3-7-15-13(18)10-8-12(17)16(9-10)11-4-1-2-5-11/h10-11H,1-9H2,(H,15,18)/t10-/m1/s1. The molecule has 0 unspecified atom stereocenters. The molecule has 2 amide bonds. The molecular formula is C13H21ClN2O2. The number of rotatable bonds is 5. The van der Waals surface area contributed by atoms with Crippen LogP contribution in [0.1, 0.15) is 38.5 Å². The smallest absolute Gasteiger partial charge is 0.225 e. The molecule has 0 aromatic rings. The third-order valence-electron chi connectivity index (χ3n) is 3.90. The maximum absolute atomic E-state index is 11.9. The summed E-state index contributed by atoms with van der Waals surface area (Å²) in [6.45, 7) is 1.21. The first kappa shape index (κ1) is 13.7. The average Bonchev–Trinajstić information content (AvgIpc) is 2.97. The predicted molar refractivity (Wildman–Crippen MR) is 70.4 cm³/mol. The van der Waals surface area contributed by atoms with Crippen LogP contribution in [0.2, 0.25) is 0 Å². The average molecular weight is 273 g/mol. The van der Waals surface area contributed by atoms with Gasteiger partial charge in [0.15, 0.2) is 0 Å². The van der Waals surface area contributed by atoms with Crippen LogP contribution in [0.3, 0.4) is 0 Å². The van der Waals surface area contributed by atoms with E-state index in [2.05, 4.69) is 5.32 Å². The number of carbonyl (C=O) groups excluding carboxylic acids is 2. The molecule has 0 aromatic heterocycles. The second kappa shape index (κ2) is 6.41. The molecule has 5 heteroatoms. The molecule has 0 aromatic carbocycles. The Morgan fingerprint density at radius 3 is 2.78 bits per heavy atom. The maximum Gasteiger partial charge on any atom is 0.225 e. The summed E-state index contributed by atoms with van der Waals surface area (Å²) in [5, 5.41) is 2.85. The van der Waals surface area contributed by atoms with Crippen LogP contribution in [0.25, 0.3) is 0 Å². The Balaban J connectivity index is 1.81. The molecule has 1 aliphatic heterocycles. The minimum Gasteiger partial charge on any atom is -0.356 e. The van der Waals surface area contributed by atoms with Crippen molar-refractivity contribution in [1.82, 2.24) is 10.2 Å². The number of nitrogens with zero attached hydrogens (tertiary/aromatic N) is 1. The molecule has 1 heterocycles. The minimum absolute atomic E-state index is 0.00830. The van der Waals surface area contributed by atoms with E-state index in [1.165, 1.54) is 12.8 Å². The number of amides is 2. The summed E-state index contributed by atoms with van der Waals surface area (Å²) in [5.41, 5.74) is 0. The summed E-state index contributed by atoms with van der Waals surface area (Å²) >= 11 is 5.56. The molecule has 0 bridgehead atoms. The van der Waals surface area contributed by atoms with Crippen molar-refractivity contribution in [2.75, 3.05) is 19.0 Å². The fourth-order valence-corrected chi connectivity index (χ4v) is 3.03. The van der Waals surface area contributed by atoms with Crippen LogP contribution in [-0.4, -0.2) is 41.7 Å². The topological polar surface area (TPSA) is 49.4 Å². The highest BCUT2D eigenvalue weighted by atomic mass is 35.5. The molecule has 1 N–H and O–H groups in total. The van der Waals surface area contributed by atoms with Crippen LogP contribution in [0.5, 0.6) is 0 Å². The van der Waals surface area contributed by atoms with Gasteiger partial charge in [0.1, 0.15) is 0 Å². The second-order valence-corrected chi connectivity index (χ2v) is 5.60. The third kappa shape index (κ3) is 3.16. The van der Waals surface area contributed by atoms with Crippen LogP contribution in [0.4, 0.5) is 0 Å². The predicted octanol–water partition coefficient (Wildman–Crippen LogP) is 1.52. The van der Waals surface area contributed by atoms with E-state index in [4.69, 9.17) is 11.6 Å². The van der Waals surface area contributed by atoms with Crippen molar-refractivity contribution in [2.24, 2.45) is 5.92 Å². The fourth-order valence-electron chi connectivity index (χ4n) is 2.90. The van der Waals surface area contributed by atoms with Gasteiger partial charge in [-0.15, -0.1) is 11.6 Å². The lowest BCUT2D eigenvalue weighted by atomic mass is 10.1. The Hall–Kier alpha value is -0.770. The van der Waals surface area contributed by atoms with Crippen molar-refractivity contribution in [1.29, 1.82) is 0 Å². The quantitative estimate of drug-likeness (QED) is 0.609. The minimum atomic E-state index is -0.159. The third-order valence-corrected chi connectivity index (χ3v) is 4.17.